The number of H-pyrrole nitrogens is 1. The van der Waals surface area contributed by atoms with E-state index in [9.17, 15) is 4.79 Å². The first kappa shape index (κ1) is 13.9. The number of aromatic nitrogens is 3. The third-order valence-corrected chi connectivity index (χ3v) is 2.41. The number of hydrogen-bond acceptors (Lipinski definition) is 4. The van der Waals surface area contributed by atoms with Gasteiger partial charge in [-0.05, 0) is 32.3 Å². The molecule has 3 N–H and O–H groups in total. The molecule has 2 aromatic rings. The van der Waals surface area contributed by atoms with E-state index in [4.69, 9.17) is 10.5 Å². The molecule has 2 aromatic heterocycles. The average molecular weight is 272 g/mol. The second-order valence-electron chi connectivity index (χ2n) is 5.27. The molecule has 0 aliphatic rings. The smallest absolute Gasteiger partial charge is 0.293 e. The molecule has 0 spiro atoms. The van der Waals surface area contributed by atoms with Crippen molar-refractivity contribution in [3.63, 3.8) is 0 Å². The maximum absolute atomic E-state index is 10.6. The highest BCUT2D eigenvalue weighted by molar-refractivity contribution is 5.92. The summed E-state index contributed by atoms with van der Waals surface area (Å²) in [5.74, 6) is 4.88. The Hall–Kier alpha value is -2.55. The van der Waals surface area contributed by atoms with Crippen LogP contribution in [0.15, 0.2) is 12.5 Å². The number of nitrogens with two attached hydrogens (primary N) is 1. The number of aromatic amines is 1. The fourth-order valence-electron chi connectivity index (χ4n) is 1.73. The molecule has 6 heteroatoms. The molecule has 0 fully saturated rings. The van der Waals surface area contributed by atoms with E-state index in [1.165, 1.54) is 6.33 Å². The van der Waals surface area contributed by atoms with E-state index in [1.807, 2.05) is 20.8 Å². The fraction of sp³-hybridized carbons (Fsp3) is 0.357. The normalized spacial score (nSPS) is 10.9. The van der Waals surface area contributed by atoms with E-state index < -0.39 is 5.91 Å². The van der Waals surface area contributed by atoms with Crippen LogP contribution in [0.5, 0.6) is 5.88 Å². The van der Waals surface area contributed by atoms with Gasteiger partial charge in [-0.25, -0.2) is 9.97 Å². The predicted octanol–water partition coefficient (Wildman–Crippen LogP) is 1.17. The molecule has 0 bridgehead atoms. The van der Waals surface area contributed by atoms with Crippen molar-refractivity contribution in [1.82, 2.24) is 15.0 Å². The lowest BCUT2D eigenvalue weighted by molar-refractivity contribution is -0.112. The van der Waals surface area contributed by atoms with E-state index >= 15 is 0 Å². The Morgan fingerprint density at radius 2 is 2.20 bits per heavy atom. The van der Waals surface area contributed by atoms with E-state index in [2.05, 4.69) is 26.8 Å². The Labute approximate surface area is 116 Å². The van der Waals surface area contributed by atoms with Crippen molar-refractivity contribution in [1.29, 1.82) is 0 Å². The van der Waals surface area contributed by atoms with Crippen LogP contribution in [0.1, 0.15) is 26.3 Å². The number of nitrogens with zero attached hydrogens (tertiary/aromatic N) is 2. The zero-order valence-corrected chi connectivity index (χ0v) is 11.7. The van der Waals surface area contributed by atoms with Crippen molar-refractivity contribution in [2.24, 2.45) is 5.73 Å². The van der Waals surface area contributed by atoms with Crippen molar-refractivity contribution < 1.29 is 9.53 Å². The largest absolute Gasteiger partial charge is 0.471 e. The fourth-order valence-corrected chi connectivity index (χ4v) is 1.73. The van der Waals surface area contributed by atoms with Crippen molar-refractivity contribution >= 4 is 16.9 Å². The SMILES string of the molecule is CC(C)(C)Oc1ncnc2[nH]cc(CC#CC(N)=O)c12. The summed E-state index contributed by atoms with van der Waals surface area (Å²) >= 11 is 0. The molecule has 0 aliphatic heterocycles. The lowest BCUT2D eigenvalue weighted by atomic mass is 10.1. The number of fused-ring (bicyclic) bond motifs is 1. The van der Waals surface area contributed by atoms with Gasteiger partial charge in [0.2, 0.25) is 5.88 Å². The van der Waals surface area contributed by atoms with Crippen LogP contribution in [-0.2, 0) is 11.2 Å². The molecular weight excluding hydrogens is 256 g/mol. The van der Waals surface area contributed by atoms with Crippen molar-refractivity contribution in [2.75, 3.05) is 0 Å². The lowest BCUT2D eigenvalue weighted by Crippen LogP contribution is -2.23. The summed E-state index contributed by atoms with van der Waals surface area (Å²) in [6.45, 7) is 5.83. The van der Waals surface area contributed by atoms with Crippen LogP contribution in [0.4, 0.5) is 0 Å². The Balaban J connectivity index is 2.42. The zero-order chi connectivity index (χ0) is 14.8. The number of hydrogen-bond donors (Lipinski definition) is 2. The minimum Gasteiger partial charge on any atom is -0.471 e. The molecule has 0 aliphatic carbocycles. The van der Waals surface area contributed by atoms with Crippen LogP contribution < -0.4 is 10.5 Å². The van der Waals surface area contributed by atoms with Gasteiger partial charge in [-0.15, -0.1) is 0 Å². The van der Waals surface area contributed by atoms with Crippen LogP contribution in [0.3, 0.4) is 0 Å². The Bertz CT molecular complexity index is 701. The van der Waals surface area contributed by atoms with Crippen molar-refractivity contribution in [3.8, 4) is 17.7 Å². The summed E-state index contributed by atoms with van der Waals surface area (Å²) in [6.07, 6.45) is 3.60. The van der Waals surface area contributed by atoms with Gasteiger partial charge in [-0.3, -0.25) is 4.79 Å². The van der Waals surface area contributed by atoms with Gasteiger partial charge in [0.25, 0.3) is 5.91 Å². The molecule has 2 rings (SSSR count). The van der Waals surface area contributed by atoms with Gasteiger partial charge in [0.05, 0.1) is 5.39 Å². The van der Waals surface area contributed by atoms with Crippen LogP contribution in [0.25, 0.3) is 11.0 Å². The summed E-state index contributed by atoms with van der Waals surface area (Å²) in [5, 5.41) is 0.779. The van der Waals surface area contributed by atoms with Gasteiger partial charge in [0.15, 0.2) is 0 Å². The highest BCUT2D eigenvalue weighted by Gasteiger charge is 2.18. The van der Waals surface area contributed by atoms with Gasteiger partial charge >= 0.3 is 0 Å². The van der Waals surface area contributed by atoms with Crippen molar-refractivity contribution in [3.05, 3.63) is 18.1 Å². The van der Waals surface area contributed by atoms with Gasteiger partial charge < -0.3 is 15.5 Å². The number of rotatable bonds is 2. The van der Waals surface area contributed by atoms with Crippen LogP contribution in [0.2, 0.25) is 0 Å². The number of carbonyl (C=O) groups excluding carboxylic acids is 1. The summed E-state index contributed by atoms with van der Waals surface area (Å²) in [4.78, 5) is 22.0. The van der Waals surface area contributed by atoms with Crippen LogP contribution >= 0.6 is 0 Å². The molecule has 104 valence electrons. The Morgan fingerprint density at radius 1 is 1.45 bits per heavy atom. The van der Waals surface area contributed by atoms with Crippen LogP contribution in [0, 0.1) is 11.8 Å². The maximum Gasteiger partial charge on any atom is 0.293 e. The number of primary amides is 1. The average Bonchev–Trinajstić information content (AvgIpc) is 2.71. The van der Waals surface area contributed by atoms with E-state index in [0.29, 0.717) is 17.9 Å². The third kappa shape index (κ3) is 3.26. The summed E-state index contributed by atoms with van der Waals surface area (Å²) in [6, 6.07) is 0. The molecule has 0 aromatic carbocycles. The third-order valence-electron chi connectivity index (χ3n) is 2.41. The monoisotopic (exact) mass is 272 g/mol. The maximum atomic E-state index is 10.6. The number of nitrogens with one attached hydrogen (secondary N) is 1. The molecule has 0 atom stereocenters. The Kier molecular flexibility index (Phi) is 3.61. The second kappa shape index (κ2) is 5.21. The lowest BCUT2D eigenvalue weighted by Gasteiger charge is -2.20. The summed E-state index contributed by atoms with van der Waals surface area (Å²) in [5.41, 5.74) is 6.17. The molecule has 0 radical (unpaired) electrons. The van der Waals surface area contributed by atoms with Gasteiger partial charge in [-0.2, -0.15) is 0 Å². The standard InChI is InChI=1S/C14H16N4O2/c1-14(2,3)20-13-11-9(5-4-6-10(15)19)7-16-12(11)17-8-18-13/h7-8H,5H2,1-3H3,(H2,15,19)(H,16,17,18). The molecule has 0 saturated carbocycles. The molecule has 6 nitrogen and oxygen atoms in total. The summed E-state index contributed by atoms with van der Waals surface area (Å²) < 4.78 is 5.83. The second-order valence-corrected chi connectivity index (χ2v) is 5.27. The predicted molar refractivity (Wildman–Crippen MR) is 74.9 cm³/mol. The topological polar surface area (TPSA) is 93.9 Å². The van der Waals surface area contributed by atoms with E-state index in [-0.39, 0.29) is 5.60 Å². The highest BCUT2D eigenvalue weighted by Crippen LogP contribution is 2.27. The van der Waals surface area contributed by atoms with Gasteiger partial charge in [0, 0.05) is 12.6 Å². The summed E-state index contributed by atoms with van der Waals surface area (Å²) in [7, 11) is 0. The zero-order valence-electron chi connectivity index (χ0n) is 11.7. The number of ether oxygens (including phenoxy) is 1. The number of carbonyl (C=O) groups is 1. The molecule has 20 heavy (non-hydrogen) atoms. The molecule has 1 amide bonds. The van der Waals surface area contributed by atoms with Gasteiger partial charge in [0.1, 0.15) is 17.6 Å². The minimum absolute atomic E-state index is 0.366. The van der Waals surface area contributed by atoms with Crippen LogP contribution in [-0.4, -0.2) is 26.5 Å². The molecular formula is C14H16N4O2. The minimum atomic E-state index is -0.646. The van der Waals surface area contributed by atoms with E-state index in [1.54, 1.807) is 6.20 Å². The quantitative estimate of drug-likeness (QED) is 0.802. The molecule has 2 heterocycles. The number of amides is 1. The first-order valence-corrected chi connectivity index (χ1v) is 6.15. The first-order valence-electron chi connectivity index (χ1n) is 6.15. The molecule has 0 saturated heterocycles. The van der Waals surface area contributed by atoms with E-state index in [0.717, 1.165) is 10.9 Å². The van der Waals surface area contributed by atoms with Crippen molar-refractivity contribution in [2.45, 2.75) is 32.8 Å². The highest BCUT2D eigenvalue weighted by atomic mass is 16.5. The van der Waals surface area contributed by atoms with Gasteiger partial charge in [-0.1, -0.05) is 5.92 Å². The first-order chi connectivity index (χ1) is 9.37. The Morgan fingerprint density at radius 3 is 2.85 bits per heavy atom. The molecule has 0 unspecified atom stereocenters.